The molecule has 200 valence electrons. The zero-order valence-electron chi connectivity index (χ0n) is 21.6. The van der Waals surface area contributed by atoms with Gasteiger partial charge in [-0.2, -0.15) is 0 Å². The van der Waals surface area contributed by atoms with Gasteiger partial charge in [-0.25, -0.2) is 18.6 Å². The smallest absolute Gasteiger partial charge is 0.407 e. The second-order valence-electron chi connectivity index (χ2n) is 9.31. The number of fused-ring (bicyclic) bond motifs is 1. The molecule has 1 aromatic carbocycles. The summed E-state index contributed by atoms with van der Waals surface area (Å²) in [6.07, 6.45) is 1.03. The molecule has 0 radical (unpaired) electrons. The minimum atomic E-state index is -0.716. The summed E-state index contributed by atoms with van der Waals surface area (Å²) in [6.45, 7) is 9.08. The molecule has 2 N–H and O–H groups in total. The van der Waals surface area contributed by atoms with Crippen LogP contribution in [0.4, 0.5) is 13.6 Å². The quantitative estimate of drug-likeness (QED) is 0.418. The van der Waals surface area contributed by atoms with Gasteiger partial charge in [0.15, 0.2) is 11.4 Å². The van der Waals surface area contributed by atoms with Crippen LogP contribution in [0.25, 0.3) is 5.65 Å². The number of amides is 2. The lowest BCUT2D eigenvalue weighted by Gasteiger charge is -2.22. The van der Waals surface area contributed by atoms with Gasteiger partial charge < -0.3 is 24.8 Å². The summed E-state index contributed by atoms with van der Waals surface area (Å²) in [5, 5.41) is 5.50. The first-order valence-corrected chi connectivity index (χ1v) is 11.9. The van der Waals surface area contributed by atoms with Gasteiger partial charge in [0.2, 0.25) is 0 Å². The first kappa shape index (κ1) is 27.9. The summed E-state index contributed by atoms with van der Waals surface area (Å²) in [5.41, 5.74) is 0.114. The van der Waals surface area contributed by atoms with Crippen molar-refractivity contribution in [2.75, 3.05) is 19.8 Å². The van der Waals surface area contributed by atoms with Gasteiger partial charge in [0.05, 0.1) is 23.9 Å². The van der Waals surface area contributed by atoms with Crippen LogP contribution in [-0.4, -0.2) is 52.8 Å². The van der Waals surface area contributed by atoms with E-state index in [1.54, 1.807) is 46.0 Å². The van der Waals surface area contributed by atoms with Crippen LogP contribution in [0.1, 0.15) is 49.4 Å². The number of nitrogens with zero attached hydrogens (tertiary/aromatic N) is 2. The number of carbonyl (C=O) groups excluding carboxylic acids is 2. The molecule has 0 bridgehead atoms. The van der Waals surface area contributed by atoms with E-state index in [0.29, 0.717) is 17.9 Å². The predicted octanol–water partition coefficient (Wildman–Crippen LogP) is 4.16. The van der Waals surface area contributed by atoms with Crippen LogP contribution in [0.3, 0.4) is 0 Å². The number of aryl methyl sites for hydroxylation is 1. The third kappa shape index (κ3) is 7.39. The number of pyridine rings is 1. The fourth-order valence-electron chi connectivity index (χ4n) is 3.55. The molecule has 2 aromatic heterocycles. The fourth-order valence-corrected chi connectivity index (χ4v) is 3.55. The Morgan fingerprint density at radius 2 is 1.84 bits per heavy atom. The van der Waals surface area contributed by atoms with Crippen LogP contribution in [0.2, 0.25) is 0 Å². The monoisotopic (exact) mass is 518 g/mol. The highest BCUT2D eigenvalue weighted by Crippen LogP contribution is 2.24. The Kier molecular flexibility index (Phi) is 9.04. The molecular weight excluding hydrogens is 486 g/mol. The van der Waals surface area contributed by atoms with E-state index in [0.717, 1.165) is 12.1 Å². The molecule has 0 aliphatic carbocycles. The van der Waals surface area contributed by atoms with Crippen molar-refractivity contribution in [3.63, 3.8) is 0 Å². The normalized spacial score (nSPS) is 12.3. The Hall–Kier alpha value is -3.73. The predicted molar refractivity (Wildman–Crippen MR) is 133 cm³/mol. The molecule has 0 fully saturated rings. The topological polar surface area (TPSA) is 103 Å². The molecule has 0 spiro atoms. The van der Waals surface area contributed by atoms with Gasteiger partial charge >= 0.3 is 6.09 Å². The summed E-state index contributed by atoms with van der Waals surface area (Å²) < 4.78 is 45.9. The Balaban J connectivity index is 1.77. The largest absolute Gasteiger partial charge is 0.485 e. The highest BCUT2D eigenvalue weighted by Gasteiger charge is 2.23. The zero-order valence-corrected chi connectivity index (χ0v) is 21.6. The van der Waals surface area contributed by atoms with E-state index in [4.69, 9.17) is 14.2 Å². The van der Waals surface area contributed by atoms with Crippen LogP contribution in [0.5, 0.6) is 5.75 Å². The van der Waals surface area contributed by atoms with Gasteiger partial charge in [-0.3, -0.25) is 9.20 Å². The lowest BCUT2D eigenvalue weighted by atomic mass is 10.2. The van der Waals surface area contributed by atoms with Gasteiger partial charge in [-0.05, 0) is 58.9 Å². The maximum Gasteiger partial charge on any atom is 0.407 e. The lowest BCUT2D eigenvalue weighted by Crippen LogP contribution is -2.47. The number of imidazole rings is 1. The molecule has 0 aliphatic heterocycles. The molecule has 37 heavy (non-hydrogen) atoms. The molecule has 11 heteroatoms. The van der Waals surface area contributed by atoms with Crippen molar-refractivity contribution in [1.29, 1.82) is 0 Å². The third-order valence-corrected chi connectivity index (χ3v) is 5.19. The number of benzene rings is 1. The Morgan fingerprint density at radius 1 is 1.14 bits per heavy atom. The van der Waals surface area contributed by atoms with Crippen molar-refractivity contribution >= 4 is 17.6 Å². The van der Waals surface area contributed by atoms with Crippen LogP contribution in [0.15, 0.2) is 36.5 Å². The first-order valence-electron chi connectivity index (χ1n) is 11.9. The van der Waals surface area contributed by atoms with E-state index >= 15 is 0 Å². The van der Waals surface area contributed by atoms with Crippen molar-refractivity contribution in [2.24, 2.45) is 0 Å². The molecule has 3 aromatic rings. The van der Waals surface area contributed by atoms with E-state index in [9.17, 15) is 18.4 Å². The summed E-state index contributed by atoms with van der Waals surface area (Å²) in [5.74, 6) is -1.62. The van der Waals surface area contributed by atoms with Gasteiger partial charge in [0.25, 0.3) is 5.91 Å². The number of hydrogen-bond acceptors (Lipinski definition) is 6. The number of alkyl carbamates (subject to hydrolysis) is 1. The van der Waals surface area contributed by atoms with Crippen LogP contribution >= 0.6 is 0 Å². The van der Waals surface area contributed by atoms with E-state index < -0.39 is 35.3 Å². The van der Waals surface area contributed by atoms with Crippen LogP contribution in [0, 0.1) is 18.6 Å². The van der Waals surface area contributed by atoms with Crippen molar-refractivity contribution in [3.05, 3.63) is 65.1 Å². The first-order chi connectivity index (χ1) is 17.5. The molecular formula is C26H32F2N4O5. The summed E-state index contributed by atoms with van der Waals surface area (Å²) >= 11 is 0. The number of rotatable bonds is 10. The third-order valence-electron chi connectivity index (χ3n) is 5.19. The standard InChI is InChI=1S/C26H32F2N4O5/c1-6-35-14-17(13-29-25(34)37-26(3,4)5)31-24(33)22-16(2)30-23-21(11-8-12-32(22)23)36-15-18-19(27)9-7-10-20(18)28/h7-12,17H,6,13-15H2,1-5H3,(H,29,34)(H,31,33). The van der Waals surface area contributed by atoms with Gasteiger partial charge in [0.1, 0.15) is 29.5 Å². The van der Waals surface area contributed by atoms with Crippen LogP contribution < -0.4 is 15.4 Å². The highest BCUT2D eigenvalue weighted by molar-refractivity contribution is 5.95. The molecule has 2 heterocycles. The summed E-state index contributed by atoms with van der Waals surface area (Å²) in [4.78, 5) is 29.8. The zero-order chi connectivity index (χ0) is 27.2. The van der Waals surface area contributed by atoms with E-state index in [2.05, 4.69) is 15.6 Å². The van der Waals surface area contributed by atoms with Gasteiger partial charge in [-0.1, -0.05) is 6.07 Å². The van der Waals surface area contributed by atoms with Gasteiger partial charge in [-0.15, -0.1) is 0 Å². The number of ether oxygens (including phenoxy) is 3. The van der Waals surface area contributed by atoms with Crippen molar-refractivity contribution < 1.29 is 32.6 Å². The van der Waals surface area contributed by atoms with Crippen LogP contribution in [-0.2, 0) is 16.1 Å². The molecule has 0 saturated carbocycles. The van der Waals surface area contributed by atoms with E-state index in [1.165, 1.54) is 10.5 Å². The molecule has 2 amide bonds. The second-order valence-corrected chi connectivity index (χ2v) is 9.31. The number of halogens is 2. The highest BCUT2D eigenvalue weighted by atomic mass is 19.1. The van der Waals surface area contributed by atoms with Crippen molar-refractivity contribution in [1.82, 2.24) is 20.0 Å². The molecule has 1 atom stereocenters. The summed E-state index contributed by atoms with van der Waals surface area (Å²) in [6, 6.07) is 6.28. The van der Waals surface area contributed by atoms with Crippen molar-refractivity contribution in [2.45, 2.75) is 52.9 Å². The van der Waals surface area contributed by atoms with E-state index in [-0.39, 0.29) is 36.8 Å². The molecule has 0 aliphatic rings. The lowest BCUT2D eigenvalue weighted by molar-refractivity contribution is 0.0503. The molecule has 0 saturated heterocycles. The molecule has 9 nitrogen and oxygen atoms in total. The van der Waals surface area contributed by atoms with E-state index in [1.807, 2.05) is 6.92 Å². The minimum Gasteiger partial charge on any atom is -0.485 e. The number of nitrogens with one attached hydrogen (secondary N) is 2. The summed E-state index contributed by atoms with van der Waals surface area (Å²) in [7, 11) is 0. The molecule has 3 rings (SSSR count). The maximum atomic E-state index is 14.0. The Bertz CT molecular complexity index is 1240. The maximum absolute atomic E-state index is 14.0. The number of hydrogen-bond donors (Lipinski definition) is 2. The average molecular weight is 519 g/mol. The Morgan fingerprint density at radius 3 is 2.49 bits per heavy atom. The average Bonchev–Trinajstić information content (AvgIpc) is 3.16. The van der Waals surface area contributed by atoms with Gasteiger partial charge in [0, 0.05) is 19.3 Å². The number of carbonyl (C=O) groups is 2. The minimum absolute atomic E-state index is 0.0823. The molecule has 1 unspecified atom stereocenters. The van der Waals surface area contributed by atoms with Crippen molar-refractivity contribution in [3.8, 4) is 5.75 Å². The SMILES string of the molecule is CCOCC(CNC(=O)OC(C)(C)C)NC(=O)c1c(C)nc2c(OCc3c(F)cccc3F)cccn12. The second kappa shape index (κ2) is 12.0. The number of aromatic nitrogens is 2. The Labute approximate surface area is 214 Å². The fraction of sp³-hybridized carbons (Fsp3) is 0.423.